The van der Waals surface area contributed by atoms with Crippen LogP contribution in [0.3, 0.4) is 0 Å². The molecule has 1 amide bonds. The molecule has 0 aliphatic rings. The summed E-state index contributed by atoms with van der Waals surface area (Å²) < 4.78 is 7.15. The molecule has 0 radical (unpaired) electrons. The third-order valence-electron chi connectivity index (χ3n) is 2.84. The lowest BCUT2D eigenvalue weighted by Gasteiger charge is -2.07. The summed E-state index contributed by atoms with van der Waals surface area (Å²) in [6, 6.07) is 0. The number of aromatic nitrogens is 2. The van der Waals surface area contributed by atoms with Gasteiger partial charge >= 0.3 is 0 Å². The number of amides is 1. The average molecular weight is 340 g/mol. The Kier molecular flexibility index (Phi) is 4.08. The Morgan fingerprint density at radius 3 is 2.85 bits per heavy atom. The molecule has 20 heavy (non-hydrogen) atoms. The molecule has 0 atom stereocenters. The Hall–Kier alpha value is -1.89. The van der Waals surface area contributed by atoms with Gasteiger partial charge in [0, 0.05) is 25.9 Å². The summed E-state index contributed by atoms with van der Waals surface area (Å²) in [6.45, 7) is 3.56. The molecule has 2 aromatic rings. The molecule has 7 heteroatoms. The van der Waals surface area contributed by atoms with Gasteiger partial charge in [0.2, 0.25) is 5.43 Å². The van der Waals surface area contributed by atoms with E-state index < -0.39 is 5.91 Å². The summed E-state index contributed by atoms with van der Waals surface area (Å²) in [7, 11) is 1.77. The van der Waals surface area contributed by atoms with Crippen LogP contribution in [0.25, 0.3) is 0 Å². The van der Waals surface area contributed by atoms with Gasteiger partial charge in [-0.25, -0.2) is 0 Å². The van der Waals surface area contributed by atoms with E-state index in [0.717, 1.165) is 0 Å². The number of carbonyl (C=O) groups is 1. The first-order valence-corrected chi connectivity index (χ1v) is 6.85. The van der Waals surface area contributed by atoms with Crippen molar-refractivity contribution in [2.24, 2.45) is 7.05 Å². The number of pyridine rings is 1. The zero-order valence-electron chi connectivity index (χ0n) is 11.4. The van der Waals surface area contributed by atoms with Gasteiger partial charge < -0.3 is 14.4 Å². The highest BCUT2D eigenvalue weighted by Gasteiger charge is 2.20. The van der Waals surface area contributed by atoms with Crippen molar-refractivity contribution in [2.45, 2.75) is 20.3 Å². The smallest absolute Gasteiger partial charge is 0.261 e. The lowest BCUT2D eigenvalue weighted by Crippen LogP contribution is -2.21. The molecular weight excluding hydrogens is 326 g/mol. The van der Waals surface area contributed by atoms with Gasteiger partial charge in [-0.3, -0.25) is 9.59 Å². The van der Waals surface area contributed by atoms with Gasteiger partial charge in [0.25, 0.3) is 5.91 Å². The van der Waals surface area contributed by atoms with Crippen LogP contribution in [-0.4, -0.2) is 15.6 Å². The molecule has 0 bridgehead atoms. The number of hydrogen-bond donors (Lipinski definition) is 1. The quantitative estimate of drug-likeness (QED) is 0.930. The zero-order valence-corrected chi connectivity index (χ0v) is 12.9. The standard InChI is InChI=1S/C13H14BrN3O3/c1-4-10-11(7(2)16-20-10)13(19)15-9-6-17(3)5-8(14)12(9)18/h5-6H,4H2,1-3H3,(H,15,19). The van der Waals surface area contributed by atoms with Gasteiger partial charge in [-0.15, -0.1) is 0 Å². The first-order chi connectivity index (χ1) is 9.43. The Morgan fingerprint density at radius 2 is 2.20 bits per heavy atom. The number of halogens is 1. The number of anilines is 1. The minimum Gasteiger partial charge on any atom is -0.360 e. The number of nitrogens with one attached hydrogen (secondary N) is 1. The van der Waals surface area contributed by atoms with E-state index in [0.29, 0.717) is 27.9 Å². The normalized spacial score (nSPS) is 10.6. The first kappa shape index (κ1) is 14.5. The van der Waals surface area contributed by atoms with E-state index in [-0.39, 0.29) is 11.1 Å². The number of aryl methyl sites for hydroxylation is 3. The van der Waals surface area contributed by atoms with E-state index in [1.807, 2.05) is 6.92 Å². The topological polar surface area (TPSA) is 77.1 Å². The third-order valence-corrected chi connectivity index (χ3v) is 3.41. The van der Waals surface area contributed by atoms with Gasteiger partial charge in [0.1, 0.15) is 17.0 Å². The summed E-state index contributed by atoms with van der Waals surface area (Å²) in [5, 5.41) is 6.39. The third kappa shape index (κ3) is 2.67. The predicted octanol–water partition coefficient (Wildman–Crippen LogP) is 2.26. The molecule has 0 aliphatic heterocycles. The van der Waals surface area contributed by atoms with Crippen molar-refractivity contribution in [3.05, 3.63) is 44.1 Å². The SMILES string of the molecule is CCc1onc(C)c1C(=O)Nc1cn(C)cc(Br)c1=O. The van der Waals surface area contributed by atoms with Gasteiger partial charge in [-0.05, 0) is 22.9 Å². The fraction of sp³-hybridized carbons (Fsp3) is 0.308. The molecule has 0 spiro atoms. The Morgan fingerprint density at radius 1 is 1.50 bits per heavy atom. The van der Waals surface area contributed by atoms with Crippen molar-refractivity contribution in [1.29, 1.82) is 0 Å². The summed E-state index contributed by atoms with van der Waals surface area (Å²) >= 11 is 3.16. The van der Waals surface area contributed by atoms with Gasteiger partial charge in [-0.1, -0.05) is 12.1 Å². The fourth-order valence-corrected chi connectivity index (χ4v) is 2.42. The molecule has 0 fully saturated rings. The Bertz CT molecular complexity index is 718. The minimum atomic E-state index is -0.393. The molecule has 0 aromatic carbocycles. The lowest BCUT2D eigenvalue weighted by atomic mass is 10.1. The van der Waals surface area contributed by atoms with Crippen LogP contribution < -0.4 is 10.7 Å². The molecule has 0 aliphatic carbocycles. The summed E-state index contributed by atoms with van der Waals surface area (Å²) in [5.74, 6) is 0.114. The van der Waals surface area contributed by atoms with E-state index in [2.05, 4.69) is 26.4 Å². The largest absolute Gasteiger partial charge is 0.360 e. The van der Waals surface area contributed by atoms with Crippen LogP contribution in [0.5, 0.6) is 0 Å². The van der Waals surface area contributed by atoms with E-state index in [1.54, 1.807) is 30.9 Å². The van der Waals surface area contributed by atoms with E-state index in [4.69, 9.17) is 4.52 Å². The molecular formula is C13H14BrN3O3. The molecule has 0 saturated heterocycles. The van der Waals surface area contributed by atoms with Crippen LogP contribution in [0.1, 0.15) is 28.7 Å². The van der Waals surface area contributed by atoms with Crippen LogP contribution in [-0.2, 0) is 13.5 Å². The lowest BCUT2D eigenvalue weighted by molar-refractivity contribution is 0.102. The van der Waals surface area contributed by atoms with Crippen LogP contribution >= 0.6 is 15.9 Å². The maximum absolute atomic E-state index is 12.3. The van der Waals surface area contributed by atoms with E-state index >= 15 is 0 Å². The monoisotopic (exact) mass is 339 g/mol. The summed E-state index contributed by atoms with van der Waals surface area (Å²) in [5.41, 5.74) is 0.818. The molecule has 0 unspecified atom stereocenters. The van der Waals surface area contributed by atoms with Gasteiger partial charge in [-0.2, -0.15) is 0 Å². The van der Waals surface area contributed by atoms with Crippen LogP contribution in [0, 0.1) is 6.92 Å². The summed E-state index contributed by atoms with van der Waals surface area (Å²) in [4.78, 5) is 24.2. The molecule has 1 N–H and O–H groups in total. The number of carbonyl (C=O) groups excluding carboxylic acids is 1. The summed E-state index contributed by atoms with van der Waals surface area (Å²) in [6.07, 6.45) is 3.74. The number of nitrogens with zero attached hydrogens (tertiary/aromatic N) is 2. The highest BCUT2D eigenvalue weighted by molar-refractivity contribution is 9.10. The van der Waals surface area contributed by atoms with Crippen molar-refractivity contribution >= 4 is 27.5 Å². The molecule has 2 aromatic heterocycles. The predicted molar refractivity (Wildman–Crippen MR) is 78.0 cm³/mol. The molecule has 106 valence electrons. The molecule has 6 nitrogen and oxygen atoms in total. The van der Waals surface area contributed by atoms with Crippen molar-refractivity contribution in [1.82, 2.24) is 9.72 Å². The van der Waals surface area contributed by atoms with Gasteiger partial charge in [0.15, 0.2) is 0 Å². The number of hydrogen-bond acceptors (Lipinski definition) is 4. The maximum Gasteiger partial charge on any atom is 0.261 e. The highest BCUT2D eigenvalue weighted by atomic mass is 79.9. The zero-order chi connectivity index (χ0) is 14.9. The Balaban J connectivity index is 2.38. The fourth-order valence-electron chi connectivity index (χ4n) is 1.89. The maximum atomic E-state index is 12.3. The molecule has 2 rings (SSSR count). The second-order valence-electron chi connectivity index (χ2n) is 4.39. The molecule has 0 saturated carbocycles. The average Bonchev–Trinajstić information content (AvgIpc) is 2.76. The van der Waals surface area contributed by atoms with E-state index in [1.165, 1.54) is 0 Å². The van der Waals surface area contributed by atoms with Crippen LogP contribution in [0.15, 0.2) is 26.2 Å². The Labute approximate surface area is 123 Å². The highest BCUT2D eigenvalue weighted by Crippen LogP contribution is 2.16. The van der Waals surface area contributed by atoms with Crippen molar-refractivity contribution in [3.63, 3.8) is 0 Å². The van der Waals surface area contributed by atoms with Crippen molar-refractivity contribution in [2.75, 3.05) is 5.32 Å². The van der Waals surface area contributed by atoms with Crippen molar-refractivity contribution < 1.29 is 9.32 Å². The van der Waals surface area contributed by atoms with Crippen LogP contribution in [0.2, 0.25) is 0 Å². The van der Waals surface area contributed by atoms with Crippen molar-refractivity contribution in [3.8, 4) is 0 Å². The molecule has 2 heterocycles. The second-order valence-corrected chi connectivity index (χ2v) is 5.24. The van der Waals surface area contributed by atoms with E-state index in [9.17, 15) is 9.59 Å². The first-order valence-electron chi connectivity index (χ1n) is 6.06. The minimum absolute atomic E-state index is 0.203. The van der Waals surface area contributed by atoms with Crippen LogP contribution in [0.4, 0.5) is 5.69 Å². The second kappa shape index (κ2) is 5.62. The van der Waals surface area contributed by atoms with Gasteiger partial charge in [0.05, 0.1) is 10.2 Å². The number of rotatable bonds is 3.